The van der Waals surface area contributed by atoms with Crippen LogP contribution in [-0.2, 0) is 4.79 Å². The topological polar surface area (TPSA) is 95.7 Å². The molecule has 0 radical (unpaired) electrons. The molecule has 1 aliphatic carbocycles. The van der Waals surface area contributed by atoms with Crippen molar-refractivity contribution in [2.24, 2.45) is 5.92 Å². The molecule has 5 rings (SSSR count). The van der Waals surface area contributed by atoms with E-state index in [2.05, 4.69) is 25.7 Å². The van der Waals surface area contributed by atoms with Crippen molar-refractivity contribution in [2.45, 2.75) is 50.6 Å². The number of tetrazole rings is 1. The monoisotopic (exact) mass is 397 g/mol. The number of hydrogen-bond donors (Lipinski definition) is 1. The van der Waals surface area contributed by atoms with E-state index >= 15 is 0 Å². The maximum Gasteiger partial charge on any atom is 0.255 e. The highest BCUT2D eigenvalue weighted by atomic mass is 16.2. The van der Waals surface area contributed by atoms with Gasteiger partial charge in [0.25, 0.3) is 5.91 Å². The standard InChI is InChI=1S/C20H27N7O2/c28-19(21-16-4-5-16)14-2-1-9-26(12-14)17-7-10-25(11-8-17)20(29)15-3-6-18-22-23-24-27(18)13-15/h3,6,13-14,16-17H,1-2,4-5,7-12H2,(H,21,28). The van der Waals surface area contributed by atoms with Crippen LogP contribution in [0.3, 0.4) is 0 Å². The lowest BCUT2D eigenvalue weighted by Crippen LogP contribution is -2.51. The van der Waals surface area contributed by atoms with Crippen LogP contribution in [0.4, 0.5) is 0 Å². The molecule has 1 N–H and O–H groups in total. The van der Waals surface area contributed by atoms with Crippen LogP contribution in [-0.4, -0.2) is 79.9 Å². The average Bonchev–Trinajstić information content (AvgIpc) is 3.46. The summed E-state index contributed by atoms with van der Waals surface area (Å²) in [4.78, 5) is 29.7. The summed E-state index contributed by atoms with van der Waals surface area (Å²) in [6, 6.07) is 4.44. The summed E-state index contributed by atoms with van der Waals surface area (Å²) in [6.07, 6.45) is 7.94. The predicted octanol–water partition coefficient (Wildman–Crippen LogP) is 0.720. The summed E-state index contributed by atoms with van der Waals surface area (Å²) < 4.78 is 1.53. The number of fused-ring (bicyclic) bond motifs is 1. The highest BCUT2D eigenvalue weighted by Crippen LogP contribution is 2.26. The van der Waals surface area contributed by atoms with Gasteiger partial charge in [0.05, 0.1) is 11.5 Å². The Labute approximate surface area is 169 Å². The van der Waals surface area contributed by atoms with Crippen molar-refractivity contribution in [3.05, 3.63) is 23.9 Å². The second-order valence-electron chi connectivity index (χ2n) is 8.54. The van der Waals surface area contributed by atoms with Crippen LogP contribution in [0.5, 0.6) is 0 Å². The van der Waals surface area contributed by atoms with Gasteiger partial charge in [-0.25, -0.2) is 0 Å². The first-order valence-electron chi connectivity index (χ1n) is 10.7. The highest BCUT2D eigenvalue weighted by Gasteiger charge is 2.34. The molecular formula is C20H27N7O2. The van der Waals surface area contributed by atoms with Gasteiger partial charge in [-0.05, 0) is 67.6 Å². The van der Waals surface area contributed by atoms with Crippen LogP contribution in [0.2, 0.25) is 0 Å². The molecular weight excluding hydrogens is 370 g/mol. The first-order chi connectivity index (χ1) is 14.2. The van der Waals surface area contributed by atoms with E-state index in [0.29, 0.717) is 23.3 Å². The first-order valence-corrected chi connectivity index (χ1v) is 10.7. The highest BCUT2D eigenvalue weighted by molar-refractivity contribution is 5.94. The Balaban J connectivity index is 1.16. The number of piperidine rings is 2. The Bertz CT molecular complexity index is 901. The Morgan fingerprint density at radius 2 is 1.86 bits per heavy atom. The van der Waals surface area contributed by atoms with E-state index < -0.39 is 0 Å². The van der Waals surface area contributed by atoms with Crippen LogP contribution >= 0.6 is 0 Å². The van der Waals surface area contributed by atoms with Crippen LogP contribution in [0, 0.1) is 5.92 Å². The molecule has 3 aliphatic rings. The van der Waals surface area contributed by atoms with E-state index in [4.69, 9.17) is 0 Å². The molecule has 9 nitrogen and oxygen atoms in total. The molecule has 4 heterocycles. The fraction of sp³-hybridized carbons (Fsp3) is 0.650. The van der Waals surface area contributed by atoms with Crippen LogP contribution in [0.15, 0.2) is 18.3 Å². The average molecular weight is 397 g/mol. The van der Waals surface area contributed by atoms with Crippen molar-refractivity contribution >= 4 is 17.5 Å². The molecule has 0 aromatic carbocycles. The number of carbonyl (C=O) groups excluding carboxylic acids is 2. The van der Waals surface area contributed by atoms with E-state index in [0.717, 1.165) is 64.7 Å². The normalized spacial score (nSPS) is 24.0. The van der Waals surface area contributed by atoms with E-state index in [1.165, 1.54) is 4.52 Å². The zero-order chi connectivity index (χ0) is 19.8. The van der Waals surface area contributed by atoms with Crippen molar-refractivity contribution in [3.63, 3.8) is 0 Å². The zero-order valence-electron chi connectivity index (χ0n) is 16.5. The summed E-state index contributed by atoms with van der Waals surface area (Å²) in [5.74, 6) is 0.385. The minimum atomic E-state index is 0.0289. The minimum Gasteiger partial charge on any atom is -0.353 e. The SMILES string of the molecule is O=C(NC1CC1)C1CCCN(C2CCN(C(=O)c3ccc4nnnn4c3)CC2)C1. The fourth-order valence-electron chi connectivity index (χ4n) is 4.58. The molecule has 29 heavy (non-hydrogen) atoms. The molecule has 2 saturated heterocycles. The van der Waals surface area contributed by atoms with Gasteiger partial charge in [-0.1, -0.05) is 0 Å². The largest absolute Gasteiger partial charge is 0.353 e. The van der Waals surface area contributed by atoms with Gasteiger partial charge in [-0.2, -0.15) is 4.52 Å². The predicted molar refractivity (Wildman–Crippen MR) is 105 cm³/mol. The van der Waals surface area contributed by atoms with Gasteiger partial charge in [0, 0.05) is 37.9 Å². The van der Waals surface area contributed by atoms with Gasteiger partial charge in [0.15, 0.2) is 5.65 Å². The molecule has 2 aromatic rings. The molecule has 154 valence electrons. The van der Waals surface area contributed by atoms with Gasteiger partial charge in [-0.15, -0.1) is 5.10 Å². The Morgan fingerprint density at radius 1 is 1.03 bits per heavy atom. The summed E-state index contributed by atoms with van der Waals surface area (Å²) >= 11 is 0. The van der Waals surface area contributed by atoms with E-state index in [9.17, 15) is 9.59 Å². The van der Waals surface area contributed by atoms with Crippen LogP contribution in [0.1, 0.15) is 48.9 Å². The third-order valence-corrected chi connectivity index (χ3v) is 6.45. The molecule has 0 spiro atoms. The van der Waals surface area contributed by atoms with Gasteiger partial charge < -0.3 is 10.2 Å². The number of likely N-dealkylation sites (tertiary alicyclic amines) is 2. The summed E-state index contributed by atoms with van der Waals surface area (Å²) in [7, 11) is 0. The van der Waals surface area contributed by atoms with Crippen molar-refractivity contribution in [1.82, 2.24) is 35.2 Å². The van der Waals surface area contributed by atoms with E-state index in [-0.39, 0.29) is 17.7 Å². The summed E-state index contributed by atoms with van der Waals surface area (Å²) in [6.45, 7) is 3.40. The third kappa shape index (κ3) is 3.96. The lowest BCUT2D eigenvalue weighted by molar-refractivity contribution is -0.127. The van der Waals surface area contributed by atoms with Gasteiger partial charge in [0.2, 0.25) is 5.91 Å². The number of carbonyl (C=O) groups is 2. The quantitative estimate of drug-likeness (QED) is 0.817. The van der Waals surface area contributed by atoms with Crippen molar-refractivity contribution in [2.75, 3.05) is 26.2 Å². The number of pyridine rings is 1. The van der Waals surface area contributed by atoms with Crippen molar-refractivity contribution < 1.29 is 9.59 Å². The van der Waals surface area contributed by atoms with E-state index in [1.54, 1.807) is 18.3 Å². The van der Waals surface area contributed by atoms with Gasteiger partial charge in [0.1, 0.15) is 0 Å². The lowest BCUT2D eigenvalue weighted by Gasteiger charge is -2.42. The first kappa shape index (κ1) is 18.5. The second-order valence-corrected chi connectivity index (χ2v) is 8.54. The molecule has 1 unspecified atom stereocenters. The molecule has 1 atom stereocenters. The number of rotatable bonds is 4. The number of aromatic nitrogens is 4. The maximum absolute atomic E-state index is 12.9. The van der Waals surface area contributed by atoms with Crippen LogP contribution in [0.25, 0.3) is 5.65 Å². The van der Waals surface area contributed by atoms with Crippen molar-refractivity contribution in [3.8, 4) is 0 Å². The van der Waals surface area contributed by atoms with E-state index in [1.807, 2.05) is 4.90 Å². The van der Waals surface area contributed by atoms with Crippen LogP contribution < -0.4 is 5.32 Å². The molecule has 2 aromatic heterocycles. The second kappa shape index (κ2) is 7.70. The molecule has 9 heteroatoms. The molecule has 2 aliphatic heterocycles. The minimum absolute atomic E-state index is 0.0289. The Hall–Kier alpha value is -2.55. The van der Waals surface area contributed by atoms with Crippen molar-refractivity contribution in [1.29, 1.82) is 0 Å². The molecule has 0 bridgehead atoms. The lowest BCUT2D eigenvalue weighted by atomic mass is 9.93. The van der Waals surface area contributed by atoms with Gasteiger partial charge >= 0.3 is 0 Å². The molecule has 1 saturated carbocycles. The smallest absolute Gasteiger partial charge is 0.255 e. The third-order valence-electron chi connectivity index (χ3n) is 6.45. The number of nitrogens with zero attached hydrogens (tertiary/aromatic N) is 6. The number of amides is 2. The Kier molecular flexibility index (Phi) is 4.91. The summed E-state index contributed by atoms with van der Waals surface area (Å²) in [5.41, 5.74) is 1.24. The molecule has 2 amide bonds. The molecule has 3 fully saturated rings. The maximum atomic E-state index is 12.9. The zero-order valence-corrected chi connectivity index (χ0v) is 16.5. The number of hydrogen-bond acceptors (Lipinski definition) is 6. The Morgan fingerprint density at radius 3 is 2.66 bits per heavy atom. The fourth-order valence-corrected chi connectivity index (χ4v) is 4.58. The number of nitrogens with one attached hydrogen (secondary N) is 1. The summed E-state index contributed by atoms with van der Waals surface area (Å²) in [5, 5.41) is 14.5. The van der Waals surface area contributed by atoms with Gasteiger partial charge in [-0.3, -0.25) is 14.5 Å².